The molecule has 0 aliphatic carbocycles. The summed E-state index contributed by atoms with van der Waals surface area (Å²) in [6, 6.07) is 2.96. The number of aryl methyl sites for hydroxylation is 1. The van der Waals surface area contributed by atoms with E-state index < -0.39 is 0 Å². The van der Waals surface area contributed by atoms with Crippen molar-refractivity contribution in [2.24, 2.45) is 5.73 Å². The zero-order valence-electron chi connectivity index (χ0n) is 9.51. The van der Waals surface area contributed by atoms with Crippen molar-refractivity contribution in [2.75, 3.05) is 6.61 Å². The third-order valence-corrected chi connectivity index (χ3v) is 2.24. The Morgan fingerprint density at radius 2 is 2.13 bits per heavy atom. The minimum absolute atomic E-state index is 0.216. The summed E-state index contributed by atoms with van der Waals surface area (Å²) in [5.74, 6) is 0.469. The Hall–Kier alpha value is -1.09. The molecule has 0 amide bonds. The first-order valence-electron chi connectivity index (χ1n) is 5.24. The van der Waals surface area contributed by atoms with Gasteiger partial charge in [0.15, 0.2) is 0 Å². The van der Waals surface area contributed by atoms with E-state index in [9.17, 15) is 4.39 Å². The highest BCUT2D eigenvalue weighted by molar-refractivity contribution is 5.39. The van der Waals surface area contributed by atoms with Crippen LogP contribution in [0.3, 0.4) is 0 Å². The molecule has 15 heavy (non-hydrogen) atoms. The summed E-state index contributed by atoms with van der Waals surface area (Å²) in [4.78, 5) is 0. The summed E-state index contributed by atoms with van der Waals surface area (Å²) in [7, 11) is 0. The molecular formula is C12H18FNO. The molecule has 1 aromatic rings. The SMILES string of the molecule is CCCOc1cc(C)c(F)cc1[C@H](C)N. The van der Waals surface area contributed by atoms with Crippen LogP contribution in [-0.4, -0.2) is 6.61 Å². The average Bonchev–Trinajstić information content (AvgIpc) is 2.19. The fourth-order valence-corrected chi connectivity index (χ4v) is 1.36. The predicted octanol–water partition coefficient (Wildman–Crippen LogP) is 2.94. The van der Waals surface area contributed by atoms with Gasteiger partial charge in [-0.1, -0.05) is 6.92 Å². The lowest BCUT2D eigenvalue weighted by Crippen LogP contribution is -2.09. The zero-order chi connectivity index (χ0) is 11.4. The van der Waals surface area contributed by atoms with Gasteiger partial charge in [-0.05, 0) is 38.0 Å². The van der Waals surface area contributed by atoms with Crippen LogP contribution in [0.25, 0.3) is 0 Å². The second kappa shape index (κ2) is 5.12. The van der Waals surface area contributed by atoms with E-state index in [1.165, 1.54) is 6.07 Å². The molecule has 0 saturated carbocycles. The smallest absolute Gasteiger partial charge is 0.126 e. The van der Waals surface area contributed by atoms with E-state index in [1.54, 1.807) is 13.0 Å². The first kappa shape index (κ1) is 12.0. The number of halogens is 1. The number of hydrogen-bond donors (Lipinski definition) is 1. The van der Waals surface area contributed by atoms with Gasteiger partial charge in [0.2, 0.25) is 0 Å². The lowest BCUT2D eigenvalue weighted by atomic mass is 10.1. The molecule has 2 nitrogen and oxygen atoms in total. The first-order chi connectivity index (χ1) is 7.06. The fraction of sp³-hybridized carbons (Fsp3) is 0.500. The van der Waals surface area contributed by atoms with Crippen molar-refractivity contribution in [1.29, 1.82) is 0 Å². The van der Waals surface area contributed by atoms with Crippen LogP contribution >= 0.6 is 0 Å². The lowest BCUT2D eigenvalue weighted by molar-refractivity contribution is 0.312. The minimum Gasteiger partial charge on any atom is -0.493 e. The van der Waals surface area contributed by atoms with Crippen LogP contribution < -0.4 is 10.5 Å². The number of hydrogen-bond acceptors (Lipinski definition) is 2. The predicted molar refractivity (Wildman–Crippen MR) is 59.5 cm³/mol. The van der Waals surface area contributed by atoms with Crippen LogP contribution in [0, 0.1) is 12.7 Å². The summed E-state index contributed by atoms with van der Waals surface area (Å²) in [6.45, 7) is 6.20. The maximum Gasteiger partial charge on any atom is 0.126 e. The van der Waals surface area contributed by atoms with E-state index in [4.69, 9.17) is 10.5 Å². The molecule has 0 unspecified atom stereocenters. The topological polar surface area (TPSA) is 35.2 Å². The van der Waals surface area contributed by atoms with Crippen LogP contribution in [0.1, 0.15) is 37.4 Å². The molecule has 2 N–H and O–H groups in total. The van der Waals surface area contributed by atoms with Crippen LogP contribution in [0.15, 0.2) is 12.1 Å². The lowest BCUT2D eigenvalue weighted by Gasteiger charge is -2.14. The van der Waals surface area contributed by atoms with Gasteiger partial charge in [-0.25, -0.2) is 4.39 Å². The van der Waals surface area contributed by atoms with Gasteiger partial charge in [0.25, 0.3) is 0 Å². The summed E-state index contributed by atoms with van der Waals surface area (Å²) in [5, 5.41) is 0. The molecule has 0 fully saturated rings. The van der Waals surface area contributed by atoms with Crippen molar-refractivity contribution in [2.45, 2.75) is 33.2 Å². The van der Waals surface area contributed by atoms with Crippen LogP contribution in [0.4, 0.5) is 4.39 Å². The molecule has 0 radical (unpaired) electrons. The number of rotatable bonds is 4. The van der Waals surface area contributed by atoms with E-state index in [2.05, 4.69) is 0 Å². The van der Waals surface area contributed by atoms with Gasteiger partial charge in [-0.3, -0.25) is 0 Å². The number of benzene rings is 1. The maximum absolute atomic E-state index is 13.3. The van der Waals surface area contributed by atoms with Crippen molar-refractivity contribution in [3.8, 4) is 5.75 Å². The van der Waals surface area contributed by atoms with Crippen molar-refractivity contribution in [3.05, 3.63) is 29.1 Å². The van der Waals surface area contributed by atoms with Gasteiger partial charge in [-0.15, -0.1) is 0 Å². The molecule has 3 heteroatoms. The van der Waals surface area contributed by atoms with Gasteiger partial charge in [0.1, 0.15) is 11.6 Å². The fourth-order valence-electron chi connectivity index (χ4n) is 1.36. The molecule has 1 rings (SSSR count). The number of nitrogens with two attached hydrogens (primary N) is 1. The second-order valence-electron chi connectivity index (χ2n) is 3.78. The number of ether oxygens (including phenoxy) is 1. The van der Waals surface area contributed by atoms with Gasteiger partial charge in [0.05, 0.1) is 6.61 Å². The Kier molecular flexibility index (Phi) is 4.09. The van der Waals surface area contributed by atoms with Crippen LogP contribution in [-0.2, 0) is 0 Å². The summed E-state index contributed by atoms with van der Waals surface area (Å²) in [6.07, 6.45) is 0.925. The molecule has 84 valence electrons. The average molecular weight is 211 g/mol. The second-order valence-corrected chi connectivity index (χ2v) is 3.78. The normalized spacial score (nSPS) is 12.6. The molecule has 0 aromatic heterocycles. The summed E-state index contributed by atoms with van der Waals surface area (Å²) in [5.41, 5.74) is 7.08. The Morgan fingerprint density at radius 1 is 1.47 bits per heavy atom. The van der Waals surface area contributed by atoms with E-state index in [0.29, 0.717) is 17.9 Å². The Morgan fingerprint density at radius 3 is 2.67 bits per heavy atom. The molecule has 0 spiro atoms. The first-order valence-corrected chi connectivity index (χ1v) is 5.24. The quantitative estimate of drug-likeness (QED) is 0.831. The molecule has 0 aliphatic rings. The third-order valence-electron chi connectivity index (χ3n) is 2.24. The van der Waals surface area contributed by atoms with Crippen molar-refractivity contribution < 1.29 is 9.13 Å². The van der Waals surface area contributed by atoms with Gasteiger partial charge < -0.3 is 10.5 Å². The van der Waals surface area contributed by atoms with Crippen molar-refractivity contribution in [1.82, 2.24) is 0 Å². The molecule has 0 saturated heterocycles. The highest BCUT2D eigenvalue weighted by atomic mass is 19.1. The Bertz CT molecular complexity index is 337. The standard InChI is InChI=1S/C12H18FNO/c1-4-5-15-12-6-8(2)11(13)7-10(12)9(3)14/h6-7,9H,4-5,14H2,1-3H3/t9-/m0/s1. The molecular weight excluding hydrogens is 193 g/mol. The molecule has 0 aliphatic heterocycles. The van der Waals surface area contributed by atoms with Gasteiger partial charge >= 0.3 is 0 Å². The minimum atomic E-state index is -0.230. The van der Waals surface area contributed by atoms with E-state index in [0.717, 1.165) is 12.0 Å². The molecule has 0 heterocycles. The van der Waals surface area contributed by atoms with Gasteiger partial charge in [-0.2, -0.15) is 0 Å². The summed E-state index contributed by atoms with van der Waals surface area (Å²) >= 11 is 0. The van der Waals surface area contributed by atoms with Crippen molar-refractivity contribution >= 4 is 0 Å². The third kappa shape index (κ3) is 2.93. The largest absolute Gasteiger partial charge is 0.493 e. The van der Waals surface area contributed by atoms with E-state index in [-0.39, 0.29) is 11.9 Å². The molecule has 0 bridgehead atoms. The molecule has 1 aromatic carbocycles. The Labute approximate surface area is 90.2 Å². The highest BCUT2D eigenvalue weighted by Crippen LogP contribution is 2.27. The highest BCUT2D eigenvalue weighted by Gasteiger charge is 2.11. The maximum atomic E-state index is 13.3. The summed E-state index contributed by atoms with van der Waals surface area (Å²) < 4.78 is 18.9. The molecule has 1 atom stereocenters. The van der Waals surface area contributed by atoms with Crippen LogP contribution in [0.5, 0.6) is 5.75 Å². The van der Waals surface area contributed by atoms with Crippen LogP contribution in [0.2, 0.25) is 0 Å². The Balaban J connectivity index is 3.04. The monoisotopic (exact) mass is 211 g/mol. The van der Waals surface area contributed by atoms with Gasteiger partial charge in [0, 0.05) is 11.6 Å². The van der Waals surface area contributed by atoms with E-state index >= 15 is 0 Å². The van der Waals surface area contributed by atoms with Crippen molar-refractivity contribution in [3.63, 3.8) is 0 Å². The van der Waals surface area contributed by atoms with E-state index in [1.807, 2.05) is 13.8 Å². The zero-order valence-corrected chi connectivity index (χ0v) is 9.51.